The van der Waals surface area contributed by atoms with Gasteiger partial charge in [-0.3, -0.25) is 4.79 Å². The molecule has 0 radical (unpaired) electrons. The fraction of sp³-hybridized carbons (Fsp3) is 0. The number of H-pyrrole nitrogens is 1. The normalized spacial score (nSPS) is 10.2. The SMILES string of the molecule is NC(=O)NN=Cc1c[nH]ccc1=O. The summed E-state index contributed by atoms with van der Waals surface area (Å²) in [5, 5.41) is 3.43. The summed E-state index contributed by atoms with van der Waals surface area (Å²) in [6.07, 6.45) is 4.18. The smallest absolute Gasteiger partial charge is 0.332 e. The van der Waals surface area contributed by atoms with Gasteiger partial charge >= 0.3 is 6.03 Å². The molecule has 1 aromatic heterocycles. The minimum absolute atomic E-state index is 0.186. The fourth-order valence-electron chi connectivity index (χ4n) is 0.695. The quantitative estimate of drug-likeness (QED) is 0.417. The zero-order valence-corrected chi connectivity index (χ0v) is 6.65. The molecule has 0 bridgehead atoms. The highest BCUT2D eigenvalue weighted by Gasteiger charge is 1.92. The van der Waals surface area contributed by atoms with Crippen molar-refractivity contribution in [2.75, 3.05) is 0 Å². The van der Waals surface area contributed by atoms with Crippen molar-refractivity contribution in [1.29, 1.82) is 0 Å². The third kappa shape index (κ3) is 2.78. The number of amides is 2. The van der Waals surface area contributed by atoms with Crippen LogP contribution in [0.25, 0.3) is 0 Å². The van der Waals surface area contributed by atoms with Crippen molar-refractivity contribution >= 4 is 12.2 Å². The van der Waals surface area contributed by atoms with E-state index in [0.29, 0.717) is 5.56 Å². The Morgan fingerprint density at radius 2 is 2.46 bits per heavy atom. The van der Waals surface area contributed by atoms with Gasteiger partial charge in [-0.2, -0.15) is 5.10 Å². The highest BCUT2D eigenvalue weighted by Crippen LogP contribution is 1.80. The molecule has 1 heterocycles. The summed E-state index contributed by atoms with van der Waals surface area (Å²) in [5.74, 6) is 0. The van der Waals surface area contributed by atoms with Gasteiger partial charge in [0.15, 0.2) is 5.43 Å². The van der Waals surface area contributed by atoms with E-state index in [1.165, 1.54) is 24.7 Å². The number of carbonyl (C=O) groups excluding carboxylic acids is 1. The van der Waals surface area contributed by atoms with E-state index in [-0.39, 0.29) is 5.43 Å². The molecule has 6 nitrogen and oxygen atoms in total. The fourth-order valence-corrected chi connectivity index (χ4v) is 0.695. The molecule has 0 saturated carbocycles. The van der Waals surface area contributed by atoms with Crippen molar-refractivity contribution in [2.45, 2.75) is 0 Å². The van der Waals surface area contributed by atoms with Crippen LogP contribution < -0.4 is 16.6 Å². The minimum atomic E-state index is -0.774. The first-order chi connectivity index (χ1) is 6.20. The second kappa shape index (κ2) is 4.05. The molecule has 13 heavy (non-hydrogen) atoms. The number of nitrogens with two attached hydrogens (primary N) is 1. The average Bonchev–Trinajstić information content (AvgIpc) is 2.08. The summed E-state index contributed by atoms with van der Waals surface area (Å²) in [6, 6.07) is 0.578. The number of aromatic amines is 1. The number of nitrogens with zero attached hydrogens (tertiary/aromatic N) is 1. The summed E-state index contributed by atoms with van der Waals surface area (Å²) >= 11 is 0. The maximum Gasteiger partial charge on any atom is 0.332 e. The van der Waals surface area contributed by atoms with Crippen LogP contribution in [0.3, 0.4) is 0 Å². The number of hydrogen-bond donors (Lipinski definition) is 3. The van der Waals surface area contributed by atoms with Crippen LogP contribution in [0.1, 0.15) is 5.56 Å². The van der Waals surface area contributed by atoms with Crippen molar-refractivity contribution in [2.24, 2.45) is 10.8 Å². The summed E-state index contributed by atoms with van der Waals surface area (Å²) in [4.78, 5) is 23.9. The summed E-state index contributed by atoms with van der Waals surface area (Å²) < 4.78 is 0. The van der Waals surface area contributed by atoms with E-state index in [1.807, 2.05) is 5.43 Å². The van der Waals surface area contributed by atoms with E-state index in [9.17, 15) is 9.59 Å². The zero-order chi connectivity index (χ0) is 9.68. The van der Waals surface area contributed by atoms with Crippen LogP contribution in [0.2, 0.25) is 0 Å². The zero-order valence-electron chi connectivity index (χ0n) is 6.65. The summed E-state index contributed by atoms with van der Waals surface area (Å²) in [7, 11) is 0. The molecule has 68 valence electrons. The third-order valence-corrected chi connectivity index (χ3v) is 1.23. The lowest BCUT2D eigenvalue weighted by molar-refractivity contribution is 0.249. The lowest BCUT2D eigenvalue weighted by Crippen LogP contribution is -2.24. The second-order valence-electron chi connectivity index (χ2n) is 2.20. The molecule has 0 aliphatic rings. The van der Waals surface area contributed by atoms with Crippen molar-refractivity contribution in [3.05, 3.63) is 34.2 Å². The Kier molecular flexibility index (Phi) is 2.80. The van der Waals surface area contributed by atoms with Crippen molar-refractivity contribution in [3.63, 3.8) is 0 Å². The number of hydrogen-bond acceptors (Lipinski definition) is 3. The van der Waals surface area contributed by atoms with E-state index in [1.54, 1.807) is 0 Å². The standard InChI is InChI=1S/C7H8N4O2/c8-7(13)11-10-4-5-3-9-2-1-6(5)12/h1-4H,(H,9,12)(H3,8,11,13). The monoisotopic (exact) mass is 180 g/mol. The number of carbonyl (C=O) groups is 1. The maximum absolute atomic E-state index is 11.0. The second-order valence-corrected chi connectivity index (χ2v) is 2.20. The van der Waals surface area contributed by atoms with Crippen molar-refractivity contribution < 1.29 is 4.79 Å². The largest absolute Gasteiger partial charge is 0.367 e. The van der Waals surface area contributed by atoms with Gasteiger partial charge in [-0.05, 0) is 0 Å². The van der Waals surface area contributed by atoms with Crippen LogP contribution in [0.4, 0.5) is 4.79 Å². The van der Waals surface area contributed by atoms with Gasteiger partial charge in [-0.1, -0.05) is 0 Å². The molecule has 0 fully saturated rings. The summed E-state index contributed by atoms with van der Waals surface area (Å²) in [6.45, 7) is 0. The summed E-state index contributed by atoms with van der Waals surface area (Å²) in [5.41, 5.74) is 6.88. The number of aromatic nitrogens is 1. The van der Waals surface area contributed by atoms with E-state index >= 15 is 0 Å². The molecule has 0 aromatic carbocycles. The third-order valence-electron chi connectivity index (χ3n) is 1.23. The molecule has 4 N–H and O–H groups in total. The highest BCUT2D eigenvalue weighted by atomic mass is 16.2. The first-order valence-corrected chi connectivity index (χ1v) is 3.46. The van der Waals surface area contributed by atoms with Crippen molar-refractivity contribution in [3.8, 4) is 0 Å². The number of hydrazone groups is 1. The molecule has 0 unspecified atom stereocenters. The number of urea groups is 1. The van der Waals surface area contributed by atoms with Gasteiger partial charge in [-0.25, -0.2) is 10.2 Å². The molecule has 6 heteroatoms. The molecular formula is C7H8N4O2. The number of pyridine rings is 1. The topological polar surface area (TPSA) is 100 Å². The molecular weight excluding hydrogens is 172 g/mol. The Morgan fingerprint density at radius 3 is 3.08 bits per heavy atom. The van der Waals surface area contributed by atoms with Gasteiger partial charge < -0.3 is 10.7 Å². The van der Waals surface area contributed by atoms with E-state index in [0.717, 1.165) is 0 Å². The molecule has 0 aliphatic carbocycles. The van der Waals surface area contributed by atoms with E-state index in [4.69, 9.17) is 5.73 Å². The maximum atomic E-state index is 11.0. The Labute approximate surface area is 73.5 Å². The van der Waals surface area contributed by atoms with Gasteiger partial charge in [0.25, 0.3) is 0 Å². The number of rotatable bonds is 2. The molecule has 1 rings (SSSR count). The predicted octanol–water partition coefficient (Wildman–Crippen LogP) is -0.623. The number of primary amides is 1. The van der Waals surface area contributed by atoms with Gasteiger partial charge in [0.1, 0.15) is 0 Å². The molecule has 1 aromatic rings. The Bertz CT molecular complexity index is 382. The first kappa shape index (κ1) is 8.98. The molecule has 0 spiro atoms. The highest BCUT2D eigenvalue weighted by molar-refractivity contribution is 5.80. The van der Waals surface area contributed by atoms with Crippen LogP contribution >= 0.6 is 0 Å². The van der Waals surface area contributed by atoms with Gasteiger partial charge in [0, 0.05) is 18.5 Å². The van der Waals surface area contributed by atoms with Crippen LogP contribution in [-0.4, -0.2) is 17.2 Å². The Morgan fingerprint density at radius 1 is 1.69 bits per heavy atom. The van der Waals surface area contributed by atoms with Crippen LogP contribution in [-0.2, 0) is 0 Å². The van der Waals surface area contributed by atoms with Crippen LogP contribution in [0, 0.1) is 0 Å². The molecule has 2 amide bonds. The average molecular weight is 180 g/mol. The molecule has 0 aliphatic heterocycles. The van der Waals surface area contributed by atoms with Gasteiger partial charge in [0.2, 0.25) is 0 Å². The lowest BCUT2D eigenvalue weighted by atomic mass is 10.3. The minimum Gasteiger partial charge on any atom is -0.367 e. The van der Waals surface area contributed by atoms with E-state index < -0.39 is 6.03 Å². The van der Waals surface area contributed by atoms with Gasteiger partial charge in [0.05, 0.1) is 11.8 Å². The lowest BCUT2D eigenvalue weighted by Gasteiger charge is -1.91. The molecule has 0 atom stereocenters. The Hall–Kier alpha value is -2.11. The van der Waals surface area contributed by atoms with Crippen LogP contribution in [0.15, 0.2) is 28.4 Å². The first-order valence-electron chi connectivity index (χ1n) is 3.46. The van der Waals surface area contributed by atoms with Crippen molar-refractivity contribution in [1.82, 2.24) is 10.4 Å². The van der Waals surface area contributed by atoms with Gasteiger partial charge in [-0.15, -0.1) is 0 Å². The van der Waals surface area contributed by atoms with Crippen LogP contribution in [0.5, 0.6) is 0 Å². The predicted molar refractivity (Wildman–Crippen MR) is 47.4 cm³/mol. The number of nitrogens with one attached hydrogen (secondary N) is 2. The molecule has 0 saturated heterocycles. The van der Waals surface area contributed by atoms with E-state index in [2.05, 4.69) is 10.1 Å². The Balaban J connectivity index is 2.75.